The highest BCUT2D eigenvalue weighted by atomic mass is 15.2. The maximum absolute atomic E-state index is 5.88. The smallest absolute Gasteiger partial charge is 0.132 e. The number of nitrogens with two attached hydrogens (primary N) is 1. The van der Waals surface area contributed by atoms with Gasteiger partial charge in [-0.25, -0.2) is 4.98 Å². The summed E-state index contributed by atoms with van der Waals surface area (Å²) in [5, 5.41) is 1.15. The van der Waals surface area contributed by atoms with E-state index < -0.39 is 0 Å². The van der Waals surface area contributed by atoms with Crippen LogP contribution in [0.25, 0.3) is 10.9 Å². The number of anilines is 2. The van der Waals surface area contributed by atoms with Crippen molar-refractivity contribution < 1.29 is 0 Å². The van der Waals surface area contributed by atoms with Gasteiger partial charge in [-0.3, -0.25) is 0 Å². The van der Waals surface area contributed by atoms with Crippen molar-refractivity contribution in [2.24, 2.45) is 0 Å². The van der Waals surface area contributed by atoms with Crippen molar-refractivity contribution in [2.45, 2.75) is 39.0 Å². The quantitative estimate of drug-likeness (QED) is 0.844. The topological polar surface area (TPSA) is 42.1 Å². The Balaban J connectivity index is 2.06. The Morgan fingerprint density at radius 3 is 2.55 bits per heavy atom. The molecule has 1 aliphatic rings. The molecule has 0 atom stereocenters. The molecule has 0 bridgehead atoms. The van der Waals surface area contributed by atoms with E-state index >= 15 is 0 Å². The van der Waals surface area contributed by atoms with Gasteiger partial charge in [0, 0.05) is 24.2 Å². The lowest BCUT2D eigenvalue weighted by atomic mass is 10.1. The molecule has 0 unspecified atom stereocenters. The fourth-order valence-corrected chi connectivity index (χ4v) is 3.05. The van der Waals surface area contributed by atoms with Crippen LogP contribution in [0.4, 0.5) is 11.5 Å². The Kier molecular flexibility index (Phi) is 3.77. The van der Waals surface area contributed by atoms with Crippen molar-refractivity contribution in [3.05, 3.63) is 29.8 Å². The highest BCUT2D eigenvalue weighted by Crippen LogP contribution is 2.27. The van der Waals surface area contributed by atoms with E-state index in [2.05, 4.69) is 17.9 Å². The third-order valence-electron chi connectivity index (χ3n) is 4.18. The van der Waals surface area contributed by atoms with Crippen molar-refractivity contribution in [2.75, 3.05) is 23.7 Å². The molecule has 0 saturated carbocycles. The lowest BCUT2D eigenvalue weighted by molar-refractivity contribution is 0.726. The van der Waals surface area contributed by atoms with Gasteiger partial charge in [0.15, 0.2) is 0 Å². The molecule has 1 aromatic heterocycles. The highest BCUT2D eigenvalue weighted by molar-refractivity contribution is 5.84. The predicted octanol–water partition coefficient (Wildman–Crippen LogP) is 3.76. The third-order valence-corrected chi connectivity index (χ3v) is 4.18. The summed E-state index contributed by atoms with van der Waals surface area (Å²) in [6.07, 6.45) is 6.28. The normalized spacial score (nSPS) is 16.4. The van der Waals surface area contributed by atoms with Crippen LogP contribution in [0.2, 0.25) is 0 Å². The van der Waals surface area contributed by atoms with Crippen LogP contribution >= 0.6 is 0 Å². The van der Waals surface area contributed by atoms with Gasteiger partial charge in [0.1, 0.15) is 5.82 Å². The molecule has 1 aliphatic heterocycles. The van der Waals surface area contributed by atoms with Crippen LogP contribution < -0.4 is 10.6 Å². The molecule has 2 aromatic rings. The third kappa shape index (κ3) is 2.58. The van der Waals surface area contributed by atoms with Crippen LogP contribution in [0.15, 0.2) is 24.3 Å². The highest BCUT2D eigenvalue weighted by Gasteiger charge is 2.15. The summed E-state index contributed by atoms with van der Waals surface area (Å²) in [4.78, 5) is 7.40. The Hall–Kier alpha value is -1.77. The van der Waals surface area contributed by atoms with Gasteiger partial charge in [0.25, 0.3) is 0 Å². The van der Waals surface area contributed by atoms with E-state index in [9.17, 15) is 0 Å². The average Bonchev–Trinajstić information content (AvgIpc) is 2.74. The summed E-state index contributed by atoms with van der Waals surface area (Å²) in [5.41, 5.74) is 9.08. The first kappa shape index (κ1) is 13.2. The number of pyridine rings is 1. The summed E-state index contributed by atoms with van der Waals surface area (Å²) in [7, 11) is 0. The summed E-state index contributed by atoms with van der Waals surface area (Å²) in [6, 6.07) is 8.26. The minimum absolute atomic E-state index is 0.809. The van der Waals surface area contributed by atoms with E-state index in [1.54, 1.807) is 0 Å². The molecule has 2 heterocycles. The fourth-order valence-electron chi connectivity index (χ4n) is 3.05. The fraction of sp³-hybridized carbons (Fsp3) is 0.471. The van der Waals surface area contributed by atoms with Gasteiger partial charge in [-0.1, -0.05) is 19.8 Å². The standard InChI is InChI=1S/C17H23N3/c1-2-13-11-14-12-15(18)7-8-16(14)19-17(13)20-9-5-3-4-6-10-20/h7-8,11-12H,2-6,9-10,18H2,1H3. The largest absolute Gasteiger partial charge is 0.399 e. The SMILES string of the molecule is CCc1cc2cc(N)ccc2nc1N1CCCCCC1. The number of benzene rings is 1. The van der Waals surface area contributed by atoms with E-state index in [4.69, 9.17) is 10.7 Å². The Morgan fingerprint density at radius 1 is 1.10 bits per heavy atom. The van der Waals surface area contributed by atoms with Crippen LogP contribution in [-0.4, -0.2) is 18.1 Å². The summed E-state index contributed by atoms with van der Waals surface area (Å²) < 4.78 is 0. The first-order valence-corrected chi connectivity index (χ1v) is 7.72. The van der Waals surface area contributed by atoms with Gasteiger partial charge >= 0.3 is 0 Å². The lowest BCUT2D eigenvalue weighted by Crippen LogP contribution is -2.26. The Bertz CT molecular complexity index is 598. The van der Waals surface area contributed by atoms with Gasteiger partial charge in [-0.15, -0.1) is 0 Å². The molecular weight excluding hydrogens is 246 g/mol. The molecule has 0 amide bonds. The molecular formula is C17H23N3. The van der Waals surface area contributed by atoms with Gasteiger partial charge < -0.3 is 10.6 Å². The number of nitrogens with zero attached hydrogens (tertiary/aromatic N) is 2. The second kappa shape index (κ2) is 5.70. The van der Waals surface area contributed by atoms with E-state index in [0.29, 0.717) is 0 Å². The maximum Gasteiger partial charge on any atom is 0.132 e. The summed E-state index contributed by atoms with van der Waals surface area (Å²) in [6.45, 7) is 4.48. The van der Waals surface area contributed by atoms with E-state index in [0.717, 1.165) is 36.1 Å². The van der Waals surface area contributed by atoms with Crippen molar-refractivity contribution in [1.82, 2.24) is 4.98 Å². The summed E-state index contributed by atoms with van der Waals surface area (Å²) in [5.74, 6) is 1.19. The van der Waals surface area contributed by atoms with Crippen molar-refractivity contribution in [1.29, 1.82) is 0 Å². The number of aryl methyl sites for hydroxylation is 1. The molecule has 0 spiro atoms. The molecule has 3 heteroatoms. The Labute approximate surface area is 120 Å². The van der Waals surface area contributed by atoms with Gasteiger partial charge in [-0.05, 0) is 49.1 Å². The predicted molar refractivity (Wildman–Crippen MR) is 86.2 cm³/mol. The van der Waals surface area contributed by atoms with Crippen LogP contribution in [0.3, 0.4) is 0 Å². The van der Waals surface area contributed by atoms with Crippen LogP contribution in [0, 0.1) is 0 Å². The second-order valence-electron chi connectivity index (χ2n) is 5.68. The molecule has 1 aromatic carbocycles. The van der Waals surface area contributed by atoms with Crippen LogP contribution in [-0.2, 0) is 6.42 Å². The molecule has 1 saturated heterocycles. The maximum atomic E-state index is 5.88. The molecule has 1 fully saturated rings. The number of aromatic nitrogens is 1. The second-order valence-corrected chi connectivity index (χ2v) is 5.68. The zero-order chi connectivity index (χ0) is 13.9. The zero-order valence-electron chi connectivity index (χ0n) is 12.2. The van der Waals surface area contributed by atoms with Gasteiger partial charge in [0.05, 0.1) is 5.52 Å². The minimum Gasteiger partial charge on any atom is -0.399 e. The van der Waals surface area contributed by atoms with Gasteiger partial charge in [-0.2, -0.15) is 0 Å². The van der Waals surface area contributed by atoms with Crippen molar-refractivity contribution in [3.63, 3.8) is 0 Å². The molecule has 20 heavy (non-hydrogen) atoms. The van der Waals surface area contributed by atoms with Crippen LogP contribution in [0.5, 0.6) is 0 Å². The zero-order valence-corrected chi connectivity index (χ0v) is 12.2. The van der Waals surface area contributed by atoms with Crippen molar-refractivity contribution in [3.8, 4) is 0 Å². The summed E-state index contributed by atoms with van der Waals surface area (Å²) >= 11 is 0. The average molecular weight is 269 g/mol. The van der Waals surface area contributed by atoms with Gasteiger partial charge in [0.2, 0.25) is 0 Å². The lowest BCUT2D eigenvalue weighted by Gasteiger charge is -2.24. The molecule has 0 radical (unpaired) electrons. The van der Waals surface area contributed by atoms with E-state index in [-0.39, 0.29) is 0 Å². The molecule has 106 valence electrons. The first-order valence-electron chi connectivity index (χ1n) is 7.72. The van der Waals surface area contributed by atoms with Crippen molar-refractivity contribution >= 4 is 22.4 Å². The Morgan fingerprint density at radius 2 is 1.85 bits per heavy atom. The van der Waals surface area contributed by atoms with E-state index in [1.807, 2.05) is 18.2 Å². The number of fused-ring (bicyclic) bond motifs is 1. The molecule has 0 aliphatic carbocycles. The molecule has 3 nitrogen and oxygen atoms in total. The number of hydrogen-bond acceptors (Lipinski definition) is 3. The minimum atomic E-state index is 0.809. The first-order chi connectivity index (χ1) is 9.78. The van der Waals surface area contributed by atoms with Crippen LogP contribution in [0.1, 0.15) is 38.2 Å². The monoisotopic (exact) mass is 269 g/mol. The molecule has 2 N–H and O–H groups in total. The number of rotatable bonds is 2. The number of hydrogen-bond donors (Lipinski definition) is 1. The number of nitrogen functional groups attached to an aromatic ring is 1. The van der Waals surface area contributed by atoms with E-state index in [1.165, 1.54) is 37.1 Å². The molecule has 3 rings (SSSR count).